The molecule has 2 atom stereocenters. The molecule has 0 spiro atoms. The van der Waals surface area contributed by atoms with E-state index in [1.165, 1.54) is 6.42 Å². The first-order chi connectivity index (χ1) is 8.20. The lowest BCUT2D eigenvalue weighted by Crippen LogP contribution is -2.21. The number of pyridine rings is 1. The molecule has 4 N–H and O–H groups in total. The summed E-state index contributed by atoms with van der Waals surface area (Å²) in [6, 6.07) is 3.42. The van der Waals surface area contributed by atoms with Crippen molar-refractivity contribution in [2.45, 2.75) is 19.3 Å². The van der Waals surface area contributed by atoms with Crippen molar-refractivity contribution in [3.8, 4) is 0 Å². The fraction of sp³-hybridized carbons (Fsp3) is 0.583. The Hall–Kier alpha value is -1.00. The Morgan fingerprint density at radius 3 is 2.94 bits per heavy atom. The van der Waals surface area contributed by atoms with Crippen LogP contribution in [0.1, 0.15) is 19.3 Å². The van der Waals surface area contributed by atoms with Crippen molar-refractivity contribution in [3.05, 3.63) is 17.3 Å². The molecule has 0 aromatic carbocycles. The lowest BCUT2D eigenvalue weighted by molar-refractivity contribution is 0.199. The smallest absolute Gasteiger partial charge is 0.150 e. The van der Waals surface area contributed by atoms with Crippen molar-refractivity contribution in [3.63, 3.8) is 0 Å². The quantitative estimate of drug-likeness (QED) is 0.721. The van der Waals surface area contributed by atoms with E-state index in [9.17, 15) is 5.11 Å². The first kappa shape index (κ1) is 12.5. The van der Waals surface area contributed by atoms with Gasteiger partial charge in [-0.05, 0) is 36.8 Å². The predicted octanol–water partition coefficient (Wildman–Crippen LogP) is 2.14. The number of aromatic nitrogens is 1. The van der Waals surface area contributed by atoms with Crippen LogP contribution >= 0.6 is 11.6 Å². The molecule has 94 valence electrons. The predicted molar refractivity (Wildman–Crippen MR) is 70.1 cm³/mol. The maximum absolute atomic E-state index is 9.24. The van der Waals surface area contributed by atoms with Crippen molar-refractivity contribution in [1.29, 1.82) is 0 Å². The molecule has 0 aliphatic heterocycles. The maximum Gasteiger partial charge on any atom is 0.150 e. The van der Waals surface area contributed by atoms with Gasteiger partial charge in [0.05, 0.1) is 5.69 Å². The molecule has 4 nitrogen and oxygen atoms in total. The zero-order chi connectivity index (χ0) is 12.3. The van der Waals surface area contributed by atoms with Crippen LogP contribution in [0.15, 0.2) is 12.1 Å². The van der Waals surface area contributed by atoms with Crippen LogP contribution in [0.4, 0.5) is 11.5 Å². The van der Waals surface area contributed by atoms with Crippen molar-refractivity contribution in [2.75, 3.05) is 24.2 Å². The molecule has 17 heavy (non-hydrogen) atoms. The van der Waals surface area contributed by atoms with Crippen molar-refractivity contribution < 1.29 is 5.11 Å². The summed E-state index contributed by atoms with van der Waals surface area (Å²) in [5.41, 5.74) is 6.41. The third-order valence-electron chi connectivity index (χ3n) is 3.48. The van der Waals surface area contributed by atoms with Gasteiger partial charge in [0.1, 0.15) is 5.15 Å². The molecule has 0 radical (unpaired) electrons. The van der Waals surface area contributed by atoms with Gasteiger partial charge in [0.2, 0.25) is 0 Å². The second kappa shape index (κ2) is 5.56. The Bertz CT molecular complexity index is 386. The molecule has 1 fully saturated rings. The molecule has 5 heteroatoms. The molecule has 2 rings (SSSR count). The van der Waals surface area contributed by atoms with Gasteiger partial charge < -0.3 is 16.2 Å². The SMILES string of the molecule is Nc1ccc(Cl)nc1NCC1CCCC1CO. The van der Waals surface area contributed by atoms with Gasteiger partial charge in [0.15, 0.2) is 5.82 Å². The summed E-state index contributed by atoms with van der Waals surface area (Å²) >= 11 is 5.82. The summed E-state index contributed by atoms with van der Waals surface area (Å²) < 4.78 is 0. The van der Waals surface area contributed by atoms with Gasteiger partial charge in [0.25, 0.3) is 0 Å². The van der Waals surface area contributed by atoms with E-state index < -0.39 is 0 Å². The average molecular weight is 256 g/mol. The van der Waals surface area contributed by atoms with E-state index in [-0.39, 0.29) is 6.61 Å². The van der Waals surface area contributed by atoms with Gasteiger partial charge in [-0.25, -0.2) is 4.98 Å². The van der Waals surface area contributed by atoms with Gasteiger partial charge in [-0.3, -0.25) is 0 Å². The number of nitrogens with one attached hydrogen (secondary N) is 1. The second-order valence-electron chi connectivity index (χ2n) is 4.59. The molecule has 1 aliphatic rings. The first-order valence-corrected chi connectivity index (χ1v) is 6.35. The molecule has 2 unspecified atom stereocenters. The highest BCUT2D eigenvalue weighted by Crippen LogP contribution is 2.31. The zero-order valence-electron chi connectivity index (χ0n) is 9.69. The van der Waals surface area contributed by atoms with E-state index in [2.05, 4.69) is 10.3 Å². The topological polar surface area (TPSA) is 71.2 Å². The number of nitrogens with zero attached hydrogens (tertiary/aromatic N) is 1. The highest BCUT2D eigenvalue weighted by atomic mass is 35.5. The number of rotatable bonds is 4. The summed E-state index contributed by atoms with van der Waals surface area (Å²) in [7, 11) is 0. The van der Waals surface area contributed by atoms with Crippen LogP contribution in [0, 0.1) is 11.8 Å². The lowest BCUT2D eigenvalue weighted by atomic mass is 9.97. The Morgan fingerprint density at radius 1 is 1.41 bits per heavy atom. The third-order valence-corrected chi connectivity index (χ3v) is 3.69. The number of aliphatic hydroxyl groups is 1. The number of halogens is 1. The minimum Gasteiger partial charge on any atom is -0.396 e. The molecule has 0 amide bonds. The molecule has 1 aromatic heterocycles. The molecule has 0 bridgehead atoms. The molecule has 1 heterocycles. The highest BCUT2D eigenvalue weighted by Gasteiger charge is 2.26. The van der Waals surface area contributed by atoms with Gasteiger partial charge in [0, 0.05) is 13.2 Å². The van der Waals surface area contributed by atoms with Gasteiger partial charge in [-0.15, -0.1) is 0 Å². The van der Waals surface area contributed by atoms with Crippen LogP contribution in [0.3, 0.4) is 0 Å². The van der Waals surface area contributed by atoms with E-state index in [0.717, 1.165) is 19.4 Å². The minimum atomic E-state index is 0.269. The van der Waals surface area contributed by atoms with Crippen molar-refractivity contribution in [2.24, 2.45) is 11.8 Å². The number of hydrogen-bond acceptors (Lipinski definition) is 4. The van der Waals surface area contributed by atoms with Gasteiger partial charge >= 0.3 is 0 Å². The van der Waals surface area contributed by atoms with E-state index in [1.807, 2.05) is 0 Å². The number of aliphatic hydroxyl groups excluding tert-OH is 1. The Kier molecular flexibility index (Phi) is 4.07. The summed E-state index contributed by atoms with van der Waals surface area (Å²) in [4.78, 5) is 4.15. The number of nitrogens with two attached hydrogens (primary N) is 1. The standard InChI is InChI=1S/C12H18ClN3O/c13-11-5-4-10(14)12(16-11)15-6-8-2-1-3-9(8)7-17/h4-5,8-9,17H,1-3,6-7,14H2,(H,15,16). The Balaban J connectivity index is 1.95. The van der Waals surface area contributed by atoms with E-state index in [1.54, 1.807) is 12.1 Å². The molecule has 0 saturated heterocycles. The van der Waals surface area contributed by atoms with Gasteiger partial charge in [-0.2, -0.15) is 0 Å². The van der Waals surface area contributed by atoms with Crippen LogP contribution in [0.25, 0.3) is 0 Å². The Labute approximate surface area is 106 Å². The van der Waals surface area contributed by atoms with Crippen molar-refractivity contribution in [1.82, 2.24) is 4.98 Å². The fourth-order valence-corrected chi connectivity index (χ4v) is 2.59. The van der Waals surface area contributed by atoms with E-state index in [4.69, 9.17) is 17.3 Å². The minimum absolute atomic E-state index is 0.269. The lowest BCUT2D eigenvalue weighted by Gasteiger charge is -2.18. The number of hydrogen-bond donors (Lipinski definition) is 3. The molecular weight excluding hydrogens is 238 g/mol. The normalized spacial score (nSPS) is 23.9. The second-order valence-corrected chi connectivity index (χ2v) is 4.97. The fourth-order valence-electron chi connectivity index (χ4n) is 2.44. The van der Waals surface area contributed by atoms with Crippen LogP contribution in [-0.4, -0.2) is 23.2 Å². The molecular formula is C12H18ClN3O. The van der Waals surface area contributed by atoms with Crippen molar-refractivity contribution >= 4 is 23.1 Å². The Morgan fingerprint density at radius 2 is 2.18 bits per heavy atom. The van der Waals surface area contributed by atoms with Crippen LogP contribution in [0.2, 0.25) is 5.15 Å². The van der Waals surface area contributed by atoms with E-state index >= 15 is 0 Å². The van der Waals surface area contributed by atoms with Gasteiger partial charge in [-0.1, -0.05) is 18.0 Å². The highest BCUT2D eigenvalue weighted by molar-refractivity contribution is 6.29. The largest absolute Gasteiger partial charge is 0.396 e. The first-order valence-electron chi connectivity index (χ1n) is 5.97. The van der Waals surface area contributed by atoms with Crippen LogP contribution in [0.5, 0.6) is 0 Å². The average Bonchev–Trinajstić information content (AvgIpc) is 2.77. The zero-order valence-corrected chi connectivity index (χ0v) is 10.5. The summed E-state index contributed by atoms with van der Waals surface area (Å²) in [5.74, 6) is 1.55. The summed E-state index contributed by atoms with van der Waals surface area (Å²) in [5, 5.41) is 12.9. The maximum atomic E-state index is 9.24. The summed E-state index contributed by atoms with van der Waals surface area (Å²) in [6.45, 7) is 1.06. The van der Waals surface area contributed by atoms with Crippen LogP contribution in [-0.2, 0) is 0 Å². The van der Waals surface area contributed by atoms with E-state index in [0.29, 0.717) is 28.5 Å². The molecule has 1 aliphatic carbocycles. The summed E-state index contributed by atoms with van der Waals surface area (Å²) in [6.07, 6.45) is 3.45. The third kappa shape index (κ3) is 3.01. The molecule has 1 saturated carbocycles. The van der Waals surface area contributed by atoms with Crippen LogP contribution < -0.4 is 11.1 Å². The monoisotopic (exact) mass is 255 g/mol. The number of nitrogen functional groups attached to an aromatic ring is 1. The molecule has 1 aromatic rings. The number of anilines is 2.